The first-order valence-corrected chi connectivity index (χ1v) is 4.48. The molecule has 0 N–H and O–H groups in total. The van der Waals surface area contributed by atoms with Gasteiger partial charge in [0, 0.05) is 0 Å². The maximum absolute atomic E-state index is 11.1. The van der Waals surface area contributed by atoms with E-state index in [1.165, 1.54) is 12.8 Å². The van der Waals surface area contributed by atoms with E-state index >= 15 is 0 Å². The van der Waals surface area contributed by atoms with Gasteiger partial charge in [-0.3, -0.25) is 4.79 Å². The summed E-state index contributed by atoms with van der Waals surface area (Å²) in [4.78, 5) is 11.1. The number of rotatable bonds is 0. The standard InChI is InChI=1S/C9H14O2/c1-6-5-7-3-2-4-8(7)11-9(6)10/h6-8H,2-5H2,1H3/t6-,7+,8-/m1/s1. The fraction of sp³-hybridized carbons (Fsp3) is 0.889. The highest BCUT2D eigenvalue weighted by molar-refractivity contribution is 5.73. The van der Waals surface area contributed by atoms with Crippen LogP contribution < -0.4 is 0 Å². The predicted molar refractivity (Wildman–Crippen MR) is 41.0 cm³/mol. The van der Waals surface area contributed by atoms with Gasteiger partial charge in [0.2, 0.25) is 0 Å². The lowest BCUT2D eigenvalue weighted by Gasteiger charge is -2.28. The van der Waals surface area contributed by atoms with E-state index in [0.717, 1.165) is 12.8 Å². The van der Waals surface area contributed by atoms with E-state index in [1.807, 2.05) is 6.92 Å². The Bertz CT molecular complexity index is 176. The van der Waals surface area contributed by atoms with Gasteiger partial charge in [-0.15, -0.1) is 0 Å². The van der Waals surface area contributed by atoms with Gasteiger partial charge in [0.25, 0.3) is 0 Å². The number of fused-ring (bicyclic) bond motifs is 1. The van der Waals surface area contributed by atoms with Crippen LogP contribution in [-0.2, 0) is 9.53 Å². The second-order valence-electron chi connectivity index (χ2n) is 3.80. The maximum atomic E-state index is 11.1. The highest BCUT2D eigenvalue weighted by Gasteiger charge is 2.37. The molecule has 2 heteroatoms. The topological polar surface area (TPSA) is 26.3 Å². The van der Waals surface area contributed by atoms with Crippen molar-refractivity contribution in [2.45, 2.75) is 38.7 Å². The Morgan fingerprint density at radius 2 is 2.27 bits per heavy atom. The number of hydrogen-bond donors (Lipinski definition) is 0. The molecule has 62 valence electrons. The molecule has 1 aliphatic heterocycles. The van der Waals surface area contributed by atoms with E-state index in [4.69, 9.17) is 4.74 Å². The van der Waals surface area contributed by atoms with Crippen LogP contribution in [0.2, 0.25) is 0 Å². The number of ether oxygens (including phenoxy) is 1. The molecule has 0 bridgehead atoms. The number of esters is 1. The fourth-order valence-corrected chi connectivity index (χ4v) is 2.24. The Labute approximate surface area is 66.9 Å². The van der Waals surface area contributed by atoms with Crippen molar-refractivity contribution in [2.24, 2.45) is 11.8 Å². The van der Waals surface area contributed by atoms with E-state index in [-0.39, 0.29) is 18.0 Å². The molecule has 0 unspecified atom stereocenters. The predicted octanol–water partition coefficient (Wildman–Crippen LogP) is 1.74. The average molecular weight is 154 g/mol. The molecule has 0 aromatic rings. The number of carbonyl (C=O) groups excluding carboxylic acids is 1. The molecular formula is C9H14O2. The Kier molecular flexibility index (Phi) is 1.63. The second-order valence-corrected chi connectivity index (χ2v) is 3.80. The highest BCUT2D eigenvalue weighted by atomic mass is 16.5. The summed E-state index contributed by atoms with van der Waals surface area (Å²) < 4.78 is 5.28. The molecule has 3 atom stereocenters. The largest absolute Gasteiger partial charge is 0.462 e. The lowest BCUT2D eigenvalue weighted by Crippen LogP contribution is -2.33. The summed E-state index contributed by atoms with van der Waals surface area (Å²) in [7, 11) is 0. The molecule has 2 fully saturated rings. The lowest BCUT2D eigenvalue weighted by atomic mass is 9.90. The van der Waals surface area contributed by atoms with Crippen molar-refractivity contribution in [3.63, 3.8) is 0 Å². The monoisotopic (exact) mass is 154 g/mol. The van der Waals surface area contributed by atoms with Gasteiger partial charge >= 0.3 is 5.97 Å². The van der Waals surface area contributed by atoms with Gasteiger partial charge in [0.1, 0.15) is 6.10 Å². The van der Waals surface area contributed by atoms with Crippen molar-refractivity contribution in [3.8, 4) is 0 Å². The van der Waals surface area contributed by atoms with E-state index in [0.29, 0.717) is 5.92 Å². The highest BCUT2D eigenvalue weighted by Crippen LogP contribution is 2.37. The van der Waals surface area contributed by atoms with Crippen LogP contribution in [0.1, 0.15) is 32.6 Å². The zero-order valence-electron chi connectivity index (χ0n) is 6.88. The van der Waals surface area contributed by atoms with Crippen molar-refractivity contribution >= 4 is 5.97 Å². The zero-order valence-corrected chi connectivity index (χ0v) is 6.88. The fourth-order valence-electron chi connectivity index (χ4n) is 2.24. The Morgan fingerprint density at radius 1 is 1.45 bits per heavy atom. The van der Waals surface area contributed by atoms with Crippen LogP contribution >= 0.6 is 0 Å². The van der Waals surface area contributed by atoms with Crippen LogP contribution in [0.25, 0.3) is 0 Å². The Morgan fingerprint density at radius 3 is 3.09 bits per heavy atom. The molecule has 2 aliphatic rings. The smallest absolute Gasteiger partial charge is 0.308 e. The van der Waals surface area contributed by atoms with Gasteiger partial charge < -0.3 is 4.74 Å². The lowest BCUT2D eigenvalue weighted by molar-refractivity contribution is -0.162. The van der Waals surface area contributed by atoms with Gasteiger partial charge in [-0.1, -0.05) is 6.92 Å². The van der Waals surface area contributed by atoms with Crippen LogP contribution in [0, 0.1) is 11.8 Å². The quantitative estimate of drug-likeness (QED) is 0.497. The third-order valence-corrected chi connectivity index (χ3v) is 2.92. The first-order chi connectivity index (χ1) is 5.27. The molecule has 0 amide bonds. The van der Waals surface area contributed by atoms with Crippen LogP contribution in [0.3, 0.4) is 0 Å². The molecule has 0 radical (unpaired) electrons. The van der Waals surface area contributed by atoms with E-state index < -0.39 is 0 Å². The van der Waals surface area contributed by atoms with Gasteiger partial charge in [-0.2, -0.15) is 0 Å². The molecule has 0 aromatic carbocycles. The summed E-state index contributed by atoms with van der Waals surface area (Å²) in [5, 5.41) is 0. The summed E-state index contributed by atoms with van der Waals surface area (Å²) >= 11 is 0. The molecule has 1 saturated carbocycles. The number of carbonyl (C=O) groups is 1. The normalized spacial score (nSPS) is 43.4. The molecule has 1 aliphatic carbocycles. The van der Waals surface area contributed by atoms with Crippen LogP contribution in [0.4, 0.5) is 0 Å². The van der Waals surface area contributed by atoms with Crippen molar-refractivity contribution in [1.82, 2.24) is 0 Å². The van der Waals surface area contributed by atoms with Gasteiger partial charge in [-0.05, 0) is 31.6 Å². The van der Waals surface area contributed by atoms with Gasteiger partial charge in [0.05, 0.1) is 5.92 Å². The third-order valence-electron chi connectivity index (χ3n) is 2.92. The summed E-state index contributed by atoms with van der Waals surface area (Å²) in [5.41, 5.74) is 0. The molecule has 11 heavy (non-hydrogen) atoms. The zero-order chi connectivity index (χ0) is 7.84. The van der Waals surface area contributed by atoms with E-state index in [9.17, 15) is 4.79 Å². The average Bonchev–Trinajstić information content (AvgIpc) is 2.36. The summed E-state index contributed by atoms with van der Waals surface area (Å²) in [6.45, 7) is 1.97. The summed E-state index contributed by atoms with van der Waals surface area (Å²) in [6.07, 6.45) is 4.95. The molecule has 2 nitrogen and oxygen atoms in total. The molecule has 0 spiro atoms. The first-order valence-electron chi connectivity index (χ1n) is 4.48. The van der Waals surface area contributed by atoms with Gasteiger partial charge in [-0.25, -0.2) is 0 Å². The molecule has 0 aromatic heterocycles. The second kappa shape index (κ2) is 2.50. The first kappa shape index (κ1) is 7.14. The summed E-state index contributed by atoms with van der Waals surface area (Å²) in [5.74, 6) is 0.852. The Balaban J connectivity index is 2.06. The van der Waals surface area contributed by atoms with Crippen molar-refractivity contribution in [3.05, 3.63) is 0 Å². The van der Waals surface area contributed by atoms with Gasteiger partial charge in [0.15, 0.2) is 0 Å². The minimum atomic E-state index is 0.0214. The van der Waals surface area contributed by atoms with Crippen molar-refractivity contribution in [2.75, 3.05) is 0 Å². The minimum Gasteiger partial charge on any atom is -0.462 e. The number of hydrogen-bond acceptors (Lipinski definition) is 2. The van der Waals surface area contributed by atoms with Crippen LogP contribution in [-0.4, -0.2) is 12.1 Å². The maximum Gasteiger partial charge on any atom is 0.308 e. The molecule has 2 rings (SSSR count). The van der Waals surface area contributed by atoms with E-state index in [1.54, 1.807) is 0 Å². The van der Waals surface area contributed by atoms with Crippen molar-refractivity contribution in [1.29, 1.82) is 0 Å². The molecular weight excluding hydrogens is 140 g/mol. The molecule has 1 heterocycles. The minimum absolute atomic E-state index is 0.0214. The summed E-state index contributed by atoms with van der Waals surface area (Å²) in [6, 6.07) is 0. The van der Waals surface area contributed by atoms with Crippen molar-refractivity contribution < 1.29 is 9.53 Å². The van der Waals surface area contributed by atoms with Crippen LogP contribution in [0.5, 0.6) is 0 Å². The van der Waals surface area contributed by atoms with E-state index in [2.05, 4.69) is 0 Å². The third kappa shape index (κ3) is 1.15. The SMILES string of the molecule is C[C@@H]1C[C@@H]2CCC[C@H]2OC1=O. The molecule has 1 saturated heterocycles. The van der Waals surface area contributed by atoms with Crippen LogP contribution in [0.15, 0.2) is 0 Å². The Hall–Kier alpha value is -0.530.